The molecular weight excluding hydrogens is 306 g/mol. The van der Waals surface area contributed by atoms with Crippen molar-refractivity contribution in [1.29, 1.82) is 0 Å². The summed E-state index contributed by atoms with van der Waals surface area (Å²) >= 11 is 0. The molecule has 5 nitrogen and oxygen atoms in total. The van der Waals surface area contributed by atoms with Gasteiger partial charge in [0, 0.05) is 6.54 Å². The second-order valence-electron chi connectivity index (χ2n) is 6.13. The summed E-state index contributed by atoms with van der Waals surface area (Å²) in [5, 5.41) is 3.19. The van der Waals surface area contributed by atoms with E-state index in [0.717, 1.165) is 36.8 Å². The SMILES string of the molecule is CCCCOC(=O)c1ccc2c(c1)CN[C@@H](C(=O)OCCCC)C2. The van der Waals surface area contributed by atoms with Gasteiger partial charge in [-0.2, -0.15) is 0 Å². The second kappa shape index (κ2) is 9.42. The largest absolute Gasteiger partial charge is 0.465 e. The van der Waals surface area contributed by atoms with Gasteiger partial charge in [0.15, 0.2) is 0 Å². The fourth-order valence-electron chi connectivity index (χ4n) is 2.62. The number of hydrogen-bond donors (Lipinski definition) is 1. The molecule has 0 bridgehead atoms. The van der Waals surface area contributed by atoms with Gasteiger partial charge < -0.3 is 14.8 Å². The highest BCUT2D eigenvalue weighted by Gasteiger charge is 2.26. The highest BCUT2D eigenvalue weighted by Crippen LogP contribution is 2.20. The molecule has 0 unspecified atom stereocenters. The van der Waals surface area contributed by atoms with E-state index in [0.29, 0.717) is 31.7 Å². The Morgan fingerprint density at radius 1 is 1.08 bits per heavy atom. The molecule has 1 aromatic carbocycles. The molecule has 1 aliphatic heterocycles. The van der Waals surface area contributed by atoms with Crippen LogP contribution in [0.25, 0.3) is 0 Å². The van der Waals surface area contributed by atoms with Gasteiger partial charge in [-0.1, -0.05) is 32.8 Å². The van der Waals surface area contributed by atoms with E-state index < -0.39 is 0 Å². The number of nitrogens with one attached hydrogen (secondary N) is 1. The lowest BCUT2D eigenvalue weighted by Gasteiger charge is -2.25. The molecule has 0 spiro atoms. The fraction of sp³-hybridized carbons (Fsp3) is 0.579. The molecule has 5 heteroatoms. The van der Waals surface area contributed by atoms with Gasteiger partial charge in [0.25, 0.3) is 0 Å². The van der Waals surface area contributed by atoms with E-state index in [2.05, 4.69) is 19.2 Å². The van der Waals surface area contributed by atoms with E-state index in [1.54, 1.807) is 6.07 Å². The van der Waals surface area contributed by atoms with Crippen LogP contribution < -0.4 is 5.32 Å². The standard InChI is InChI=1S/C19H27NO4/c1-3-5-9-23-18(21)15-8-7-14-12-17(20-13-16(14)11-15)19(22)24-10-6-4-2/h7-8,11,17,20H,3-6,9-10,12-13H2,1-2H3/t17-/m1/s1. The van der Waals surface area contributed by atoms with E-state index >= 15 is 0 Å². The van der Waals surface area contributed by atoms with Gasteiger partial charge in [0.2, 0.25) is 0 Å². The summed E-state index contributed by atoms with van der Waals surface area (Å²) in [6, 6.07) is 5.24. The molecule has 2 rings (SSSR count). The Balaban J connectivity index is 1.93. The summed E-state index contributed by atoms with van der Waals surface area (Å²) in [6.07, 6.45) is 4.35. The molecular formula is C19H27NO4. The van der Waals surface area contributed by atoms with Gasteiger partial charge in [-0.05, 0) is 42.5 Å². The first-order valence-electron chi connectivity index (χ1n) is 8.84. The first-order valence-corrected chi connectivity index (χ1v) is 8.84. The number of rotatable bonds is 8. The number of ether oxygens (including phenoxy) is 2. The van der Waals surface area contributed by atoms with Crippen molar-refractivity contribution < 1.29 is 19.1 Å². The van der Waals surface area contributed by atoms with Crippen LogP contribution in [0, 0.1) is 0 Å². The molecule has 0 aromatic heterocycles. The van der Waals surface area contributed by atoms with Crippen molar-refractivity contribution in [2.75, 3.05) is 13.2 Å². The van der Waals surface area contributed by atoms with Gasteiger partial charge in [-0.25, -0.2) is 4.79 Å². The molecule has 1 N–H and O–H groups in total. The topological polar surface area (TPSA) is 64.6 Å². The molecule has 1 aliphatic rings. The summed E-state index contributed by atoms with van der Waals surface area (Å²) in [5.41, 5.74) is 2.68. The van der Waals surface area contributed by atoms with E-state index in [9.17, 15) is 9.59 Å². The Labute approximate surface area is 143 Å². The molecule has 0 amide bonds. The van der Waals surface area contributed by atoms with Crippen LogP contribution in [0.2, 0.25) is 0 Å². The number of carbonyl (C=O) groups is 2. The number of carbonyl (C=O) groups excluding carboxylic acids is 2. The van der Waals surface area contributed by atoms with Crippen molar-refractivity contribution in [3.63, 3.8) is 0 Å². The van der Waals surface area contributed by atoms with Gasteiger partial charge in [0.05, 0.1) is 18.8 Å². The smallest absolute Gasteiger partial charge is 0.338 e. The Hall–Kier alpha value is -1.88. The van der Waals surface area contributed by atoms with Crippen LogP contribution in [0.15, 0.2) is 18.2 Å². The number of benzene rings is 1. The maximum absolute atomic E-state index is 12.0. The monoisotopic (exact) mass is 333 g/mol. The molecule has 0 saturated carbocycles. The average Bonchev–Trinajstić information content (AvgIpc) is 2.61. The normalized spacial score (nSPS) is 16.3. The predicted octanol–water partition coefficient (Wildman–Crippen LogP) is 3.00. The highest BCUT2D eigenvalue weighted by atomic mass is 16.5. The van der Waals surface area contributed by atoms with Gasteiger partial charge in [-0.3, -0.25) is 4.79 Å². The second-order valence-corrected chi connectivity index (χ2v) is 6.13. The maximum Gasteiger partial charge on any atom is 0.338 e. The quantitative estimate of drug-likeness (QED) is 0.585. The third-order valence-electron chi connectivity index (χ3n) is 4.16. The van der Waals surface area contributed by atoms with Gasteiger partial charge in [-0.15, -0.1) is 0 Å². The zero-order valence-corrected chi connectivity index (χ0v) is 14.6. The highest BCUT2D eigenvalue weighted by molar-refractivity contribution is 5.89. The van der Waals surface area contributed by atoms with Crippen LogP contribution >= 0.6 is 0 Å². The van der Waals surface area contributed by atoms with Gasteiger partial charge in [0.1, 0.15) is 6.04 Å². The molecule has 1 atom stereocenters. The minimum Gasteiger partial charge on any atom is -0.465 e. The van der Waals surface area contributed by atoms with Gasteiger partial charge >= 0.3 is 11.9 Å². The summed E-state index contributed by atoms with van der Waals surface area (Å²) in [5.74, 6) is -0.482. The van der Waals surface area contributed by atoms with E-state index in [1.165, 1.54) is 0 Å². The van der Waals surface area contributed by atoms with E-state index in [1.807, 2.05) is 12.1 Å². The Morgan fingerprint density at radius 2 is 1.79 bits per heavy atom. The molecule has 1 heterocycles. The van der Waals surface area contributed by atoms with E-state index in [-0.39, 0.29) is 18.0 Å². The van der Waals surface area contributed by atoms with Crippen molar-refractivity contribution in [3.05, 3.63) is 34.9 Å². The van der Waals surface area contributed by atoms with Crippen LogP contribution in [0.5, 0.6) is 0 Å². The third kappa shape index (κ3) is 5.06. The summed E-state index contributed by atoms with van der Waals surface area (Å²) < 4.78 is 10.5. The Morgan fingerprint density at radius 3 is 2.50 bits per heavy atom. The third-order valence-corrected chi connectivity index (χ3v) is 4.16. The fourth-order valence-corrected chi connectivity index (χ4v) is 2.62. The minimum atomic E-state index is -0.309. The van der Waals surface area contributed by atoms with Crippen molar-refractivity contribution in [2.24, 2.45) is 0 Å². The average molecular weight is 333 g/mol. The molecule has 24 heavy (non-hydrogen) atoms. The number of fused-ring (bicyclic) bond motifs is 1. The summed E-state index contributed by atoms with van der Waals surface area (Å²) in [7, 11) is 0. The van der Waals surface area contributed by atoms with Crippen LogP contribution in [0.1, 0.15) is 61.0 Å². The lowest BCUT2D eigenvalue weighted by atomic mass is 9.94. The molecule has 0 fully saturated rings. The first-order chi connectivity index (χ1) is 11.7. The Bertz CT molecular complexity index is 570. The molecule has 0 saturated heterocycles. The van der Waals surface area contributed by atoms with Crippen molar-refractivity contribution >= 4 is 11.9 Å². The first kappa shape index (κ1) is 18.5. The van der Waals surface area contributed by atoms with Crippen LogP contribution in [0.3, 0.4) is 0 Å². The lowest BCUT2D eigenvalue weighted by Crippen LogP contribution is -2.43. The van der Waals surface area contributed by atoms with Crippen molar-refractivity contribution in [1.82, 2.24) is 5.32 Å². The summed E-state index contributed by atoms with van der Waals surface area (Å²) in [6.45, 7) is 5.61. The zero-order chi connectivity index (χ0) is 17.4. The van der Waals surface area contributed by atoms with E-state index in [4.69, 9.17) is 9.47 Å². The Kier molecular flexibility index (Phi) is 7.25. The predicted molar refractivity (Wildman–Crippen MR) is 91.8 cm³/mol. The van der Waals surface area contributed by atoms with Crippen LogP contribution in [-0.4, -0.2) is 31.2 Å². The zero-order valence-electron chi connectivity index (χ0n) is 14.6. The van der Waals surface area contributed by atoms with Crippen molar-refractivity contribution in [3.8, 4) is 0 Å². The number of unbranched alkanes of at least 4 members (excludes halogenated alkanes) is 2. The van der Waals surface area contributed by atoms with Crippen molar-refractivity contribution in [2.45, 2.75) is 58.5 Å². The molecule has 0 aliphatic carbocycles. The number of hydrogen-bond acceptors (Lipinski definition) is 5. The molecule has 1 aromatic rings. The molecule has 0 radical (unpaired) electrons. The lowest BCUT2D eigenvalue weighted by molar-refractivity contribution is -0.146. The number of esters is 2. The summed E-state index contributed by atoms with van der Waals surface area (Å²) in [4.78, 5) is 24.1. The van der Waals surface area contributed by atoms with Crippen LogP contribution in [-0.2, 0) is 27.2 Å². The minimum absolute atomic E-state index is 0.197. The van der Waals surface area contributed by atoms with Crippen LogP contribution in [0.4, 0.5) is 0 Å². The maximum atomic E-state index is 12.0. The molecule has 132 valence electrons.